The van der Waals surface area contributed by atoms with Crippen LogP contribution in [0.3, 0.4) is 0 Å². The number of rotatable bonds is 9. The lowest BCUT2D eigenvalue weighted by atomic mass is 10.2. The van der Waals surface area contributed by atoms with Crippen LogP contribution >= 0.6 is 11.8 Å². The van der Waals surface area contributed by atoms with Crippen LogP contribution in [-0.2, 0) is 9.59 Å². The number of aliphatic carboxylic acids is 1. The molecule has 0 aromatic rings. The minimum Gasteiger partial charge on any atom is -0.480 e. The number of hydrogen-bond acceptors (Lipinski definition) is 4. The van der Waals surface area contributed by atoms with Gasteiger partial charge in [0.1, 0.15) is 6.04 Å². The van der Waals surface area contributed by atoms with Crippen molar-refractivity contribution in [2.24, 2.45) is 0 Å². The van der Waals surface area contributed by atoms with Crippen molar-refractivity contribution in [3.05, 3.63) is 0 Å². The molecule has 3 N–H and O–H groups in total. The van der Waals surface area contributed by atoms with Crippen molar-refractivity contribution in [3.8, 4) is 0 Å². The number of hydrogen-bond donors (Lipinski definition) is 3. The number of carbonyl (C=O) groups is 3. The van der Waals surface area contributed by atoms with E-state index in [1.807, 2.05) is 20.1 Å². The maximum absolute atomic E-state index is 11.7. The number of carbonyl (C=O) groups excluding carboxylic acids is 2. The highest BCUT2D eigenvalue weighted by Crippen LogP contribution is 2.00. The molecule has 0 saturated carbocycles. The van der Waals surface area contributed by atoms with E-state index in [9.17, 15) is 14.4 Å². The fourth-order valence-electron chi connectivity index (χ4n) is 1.55. The van der Waals surface area contributed by atoms with Crippen LogP contribution in [0.25, 0.3) is 0 Å². The number of urea groups is 1. The van der Waals surface area contributed by atoms with Crippen molar-refractivity contribution in [2.45, 2.75) is 26.3 Å². The van der Waals surface area contributed by atoms with E-state index in [2.05, 4.69) is 10.6 Å². The maximum atomic E-state index is 11.7. The van der Waals surface area contributed by atoms with Gasteiger partial charge in [0.25, 0.3) is 0 Å². The Labute approximate surface area is 123 Å². The first-order chi connectivity index (χ1) is 9.46. The number of carboxylic acids is 1. The Morgan fingerprint density at radius 3 is 2.30 bits per heavy atom. The number of nitrogens with one attached hydrogen (secondary N) is 2. The van der Waals surface area contributed by atoms with Crippen LogP contribution < -0.4 is 10.6 Å². The van der Waals surface area contributed by atoms with E-state index in [1.165, 1.54) is 11.8 Å². The number of carboxylic acid groups (broad SMARTS) is 1. The Morgan fingerprint density at radius 1 is 1.25 bits per heavy atom. The molecule has 0 heterocycles. The molecule has 7 nitrogen and oxygen atoms in total. The van der Waals surface area contributed by atoms with E-state index in [4.69, 9.17) is 5.11 Å². The molecule has 1 unspecified atom stereocenters. The molecule has 0 aromatic carbocycles. The molecule has 0 aromatic heterocycles. The third-order valence-electron chi connectivity index (χ3n) is 2.73. The lowest BCUT2D eigenvalue weighted by Gasteiger charge is -2.19. The van der Waals surface area contributed by atoms with Gasteiger partial charge in [-0.05, 0) is 32.3 Å². The van der Waals surface area contributed by atoms with Gasteiger partial charge >= 0.3 is 12.0 Å². The van der Waals surface area contributed by atoms with E-state index in [1.54, 1.807) is 4.90 Å². The van der Waals surface area contributed by atoms with Gasteiger partial charge in [0.15, 0.2) is 0 Å². The molecule has 1 atom stereocenters. The van der Waals surface area contributed by atoms with Crippen LogP contribution in [0.5, 0.6) is 0 Å². The summed E-state index contributed by atoms with van der Waals surface area (Å²) in [5.41, 5.74) is 0. The zero-order valence-corrected chi connectivity index (χ0v) is 13.0. The molecule has 0 bridgehead atoms. The molecule has 0 rings (SSSR count). The summed E-state index contributed by atoms with van der Waals surface area (Å²) in [7, 11) is 0. The quantitative estimate of drug-likeness (QED) is 0.571. The molecule has 3 amide bonds. The smallest absolute Gasteiger partial charge is 0.326 e. The first kappa shape index (κ1) is 18.6. The largest absolute Gasteiger partial charge is 0.480 e. The second-order valence-corrected chi connectivity index (χ2v) is 5.05. The van der Waals surface area contributed by atoms with Gasteiger partial charge in [0, 0.05) is 13.1 Å². The Hall–Kier alpha value is -1.44. The fraction of sp³-hybridized carbons (Fsp3) is 0.750. The summed E-state index contributed by atoms with van der Waals surface area (Å²) in [5.74, 6) is -0.638. The van der Waals surface area contributed by atoms with Gasteiger partial charge < -0.3 is 20.6 Å². The average molecular weight is 305 g/mol. The Bertz CT molecular complexity index is 335. The van der Waals surface area contributed by atoms with Crippen LogP contribution in [0.2, 0.25) is 0 Å². The highest BCUT2D eigenvalue weighted by atomic mass is 32.2. The number of amides is 3. The van der Waals surface area contributed by atoms with E-state index in [0.29, 0.717) is 25.3 Å². The van der Waals surface area contributed by atoms with Gasteiger partial charge in [-0.1, -0.05) is 0 Å². The summed E-state index contributed by atoms with van der Waals surface area (Å²) in [6, 6.07) is -1.58. The Kier molecular flexibility index (Phi) is 9.61. The molecule has 0 saturated heterocycles. The van der Waals surface area contributed by atoms with E-state index in [0.717, 1.165) is 0 Å². The van der Waals surface area contributed by atoms with E-state index >= 15 is 0 Å². The Balaban J connectivity index is 4.19. The summed E-state index contributed by atoms with van der Waals surface area (Å²) in [6.45, 7) is 4.71. The molecule has 0 aliphatic heterocycles. The number of nitrogens with zero attached hydrogens (tertiary/aromatic N) is 1. The fourth-order valence-corrected chi connectivity index (χ4v) is 2.02. The second-order valence-electron chi connectivity index (χ2n) is 4.07. The standard InChI is InChI=1S/C12H23N3O4S/c1-4-15(5-2)10(16)8-13-12(19)14-9(11(17)18)6-7-20-3/h9H,4-8H2,1-3H3,(H,17,18)(H2,13,14,19). The monoisotopic (exact) mass is 305 g/mol. The molecular weight excluding hydrogens is 282 g/mol. The maximum Gasteiger partial charge on any atom is 0.326 e. The molecular formula is C12H23N3O4S. The van der Waals surface area contributed by atoms with Crippen molar-refractivity contribution < 1.29 is 19.5 Å². The highest BCUT2D eigenvalue weighted by molar-refractivity contribution is 7.98. The zero-order valence-electron chi connectivity index (χ0n) is 12.1. The lowest BCUT2D eigenvalue weighted by molar-refractivity contribution is -0.139. The number of likely N-dealkylation sites (N-methyl/N-ethyl adjacent to an activating group) is 1. The van der Waals surface area contributed by atoms with Crippen molar-refractivity contribution in [2.75, 3.05) is 31.6 Å². The molecule has 20 heavy (non-hydrogen) atoms. The SMILES string of the molecule is CCN(CC)C(=O)CNC(=O)NC(CCSC)C(=O)O. The highest BCUT2D eigenvalue weighted by Gasteiger charge is 2.19. The molecule has 8 heteroatoms. The van der Waals surface area contributed by atoms with Crippen LogP contribution in [-0.4, -0.2) is 65.6 Å². The molecule has 0 radical (unpaired) electrons. The van der Waals surface area contributed by atoms with E-state index < -0.39 is 18.0 Å². The van der Waals surface area contributed by atoms with Crippen molar-refractivity contribution in [1.82, 2.24) is 15.5 Å². The topological polar surface area (TPSA) is 98.7 Å². The predicted molar refractivity (Wildman–Crippen MR) is 78.9 cm³/mol. The first-order valence-electron chi connectivity index (χ1n) is 6.50. The van der Waals surface area contributed by atoms with Crippen LogP contribution in [0.15, 0.2) is 0 Å². The van der Waals surface area contributed by atoms with Gasteiger partial charge in [-0.2, -0.15) is 11.8 Å². The van der Waals surface area contributed by atoms with Crippen molar-refractivity contribution in [1.29, 1.82) is 0 Å². The van der Waals surface area contributed by atoms with Crippen molar-refractivity contribution in [3.63, 3.8) is 0 Å². The van der Waals surface area contributed by atoms with Gasteiger partial charge in [-0.3, -0.25) is 4.79 Å². The zero-order chi connectivity index (χ0) is 15.5. The summed E-state index contributed by atoms with van der Waals surface area (Å²) in [4.78, 5) is 35.8. The van der Waals surface area contributed by atoms with E-state index in [-0.39, 0.29) is 12.5 Å². The lowest BCUT2D eigenvalue weighted by Crippen LogP contribution is -2.49. The first-order valence-corrected chi connectivity index (χ1v) is 7.89. The molecule has 0 aliphatic carbocycles. The van der Waals surface area contributed by atoms with Gasteiger partial charge in [-0.15, -0.1) is 0 Å². The normalized spacial score (nSPS) is 11.6. The van der Waals surface area contributed by atoms with Crippen LogP contribution in [0.4, 0.5) is 4.79 Å². The summed E-state index contributed by atoms with van der Waals surface area (Å²) in [5, 5.41) is 13.7. The molecule has 0 spiro atoms. The average Bonchev–Trinajstić information content (AvgIpc) is 2.42. The summed E-state index contributed by atoms with van der Waals surface area (Å²) < 4.78 is 0. The minimum absolute atomic E-state index is 0.137. The predicted octanol–water partition coefficient (Wildman–Crippen LogP) is 0.360. The van der Waals surface area contributed by atoms with Gasteiger partial charge in [0.05, 0.1) is 6.54 Å². The summed E-state index contributed by atoms with van der Waals surface area (Å²) >= 11 is 1.51. The third kappa shape index (κ3) is 7.22. The third-order valence-corrected chi connectivity index (χ3v) is 3.37. The molecule has 116 valence electrons. The minimum atomic E-state index is -1.08. The second kappa shape index (κ2) is 10.4. The number of thioether (sulfide) groups is 1. The molecule has 0 aliphatic rings. The molecule has 0 fully saturated rings. The van der Waals surface area contributed by atoms with Crippen molar-refractivity contribution >= 4 is 29.7 Å². The van der Waals surface area contributed by atoms with Gasteiger partial charge in [-0.25, -0.2) is 9.59 Å². The van der Waals surface area contributed by atoms with Gasteiger partial charge in [0.2, 0.25) is 5.91 Å². The Morgan fingerprint density at radius 2 is 1.85 bits per heavy atom. The van der Waals surface area contributed by atoms with Crippen LogP contribution in [0, 0.1) is 0 Å². The summed E-state index contributed by atoms with van der Waals surface area (Å²) in [6.07, 6.45) is 2.20. The van der Waals surface area contributed by atoms with Crippen LogP contribution in [0.1, 0.15) is 20.3 Å².